The molecule has 0 aliphatic heterocycles. The topological polar surface area (TPSA) is 12.0 Å². The molecule has 0 spiro atoms. The van der Waals surface area contributed by atoms with Crippen molar-refractivity contribution in [3.05, 3.63) is 22.4 Å². The minimum atomic E-state index is 0.854. The van der Waals surface area contributed by atoms with Crippen molar-refractivity contribution < 1.29 is 0 Å². The third-order valence-electron chi connectivity index (χ3n) is 2.57. The number of thiophene rings is 1. The van der Waals surface area contributed by atoms with Gasteiger partial charge >= 0.3 is 0 Å². The van der Waals surface area contributed by atoms with E-state index in [9.17, 15) is 0 Å². The molecule has 0 aliphatic rings. The molecule has 14 heavy (non-hydrogen) atoms. The molecule has 0 aromatic carbocycles. The number of nitrogens with one attached hydrogen (secondary N) is 1. The van der Waals surface area contributed by atoms with Gasteiger partial charge in [-0.1, -0.05) is 19.4 Å². The van der Waals surface area contributed by atoms with Gasteiger partial charge in [0.2, 0.25) is 0 Å². The van der Waals surface area contributed by atoms with Crippen molar-refractivity contribution in [2.75, 3.05) is 13.6 Å². The highest BCUT2D eigenvalue weighted by molar-refractivity contribution is 7.09. The highest BCUT2D eigenvalue weighted by atomic mass is 32.1. The molecule has 1 nitrogen and oxygen atoms in total. The molecule has 0 fully saturated rings. The van der Waals surface area contributed by atoms with E-state index in [-0.39, 0.29) is 0 Å². The fourth-order valence-corrected chi connectivity index (χ4v) is 2.57. The summed E-state index contributed by atoms with van der Waals surface area (Å²) in [6.07, 6.45) is 5.24. The largest absolute Gasteiger partial charge is 0.319 e. The van der Waals surface area contributed by atoms with E-state index >= 15 is 0 Å². The summed E-state index contributed by atoms with van der Waals surface area (Å²) < 4.78 is 0. The zero-order chi connectivity index (χ0) is 10.2. The van der Waals surface area contributed by atoms with E-state index in [4.69, 9.17) is 0 Å². The SMILES string of the molecule is CCCC(CCc1cccs1)CNC. The zero-order valence-electron chi connectivity index (χ0n) is 9.25. The molecule has 1 rings (SSSR count). The van der Waals surface area contributed by atoms with Crippen LogP contribution in [-0.4, -0.2) is 13.6 Å². The average Bonchev–Trinajstić information content (AvgIpc) is 2.67. The molecule has 1 heterocycles. The molecule has 1 N–H and O–H groups in total. The molecule has 1 aromatic heterocycles. The summed E-state index contributed by atoms with van der Waals surface area (Å²) >= 11 is 1.88. The molecule has 1 atom stereocenters. The molecule has 0 saturated heterocycles. The van der Waals surface area contributed by atoms with Gasteiger partial charge in [0.05, 0.1) is 0 Å². The number of aryl methyl sites for hydroxylation is 1. The van der Waals surface area contributed by atoms with Crippen LogP contribution in [0.25, 0.3) is 0 Å². The van der Waals surface area contributed by atoms with E-state index in [1.165, 1.54) is 37.1 Å². The third-order valence-corrected chi connectivity index (χ3v) is 3.50. The van der Waals surface area contributed by atoms with E-state index < -0.39 is 0 Å². The smallest absolute Gasteiger partial charge is 0.00453 e. The lowest BCUT2D eigenvalue weighted by atomic mass is 9.97. The fraction of sp³-hybridized carbons (Fsp3) is 0.667. The Bertz CT molecular complexity index is 212. The van der Waals surface area contributed by atoms with Gasteiger partial charge < -0.3 is 5.32 Å². The summed E-state index contributed by atoms with van der Waals surface area (Å²) in [5.41, 5.74) is 0. The Morgan fingerprint density at radius 1 is 1.43 bits per heavy atom. The van der Waals surface area contributed by atoms with Crippen molar-refractivity contribution in [1.29, 1.82) is 0 Å². The summed E-state index contributed by atoms with van der Waals surface area (Å²) in [4.78, 5) is 1.53. The average molecular weight is 211 g/mol. The molecule has 1 unspecified atom stereocenters. The van der Waals surface area contributed by atoms with Gasteiger partial charge in [0, 0.05) is 4.88 Å². The second kappa shape index (κ2) is 7.02. The van der Waals surface area contributed by atoms with Crippen LogP contribution in [0.4, 0.5) is 0 Å². The standard InChI is InChI=1S/C12H21NS/c1-3-5-11(10-13-2)7-8-12-6-4-9-14-12/h4,6,9,11,13H,3,5,7-8,10H2,1-2H3. The van der Waals surface area contributed by atoms with Crippen molar-refractivity contribution in [2.45, 2.75) is 32.6 Å². The first-order valence-electron chi connectivity index (χ1n) is 5.53. The van der Waals surface area contributed by atoms with Crippen LogP contribution in [0, 0.1) is 5.92 Å². The summed E-state index contributed by atoms with van der Waals surface area (Å²) in [5.74, 6) is 0.854. The lowest BCUT2D eigenvalue weighted by Gasteiger charge is -2.14. The van der Waals surface area contributed by atoms with Crippen molar-refractivity contribution in [3.8, 4) is 0 Å². The molecule has 0 saturated carbocycles. The molecule has 0 bridgehead atoms. The summed E-state index contributed by atoms with van der Waals surface area (Å²) in [5, 5.41) is 5.45. The summed E-state index contributed by atoms with van der Waals surface area (Å²) in [6.45, 7) is 3.44. The number of rotatable bonds is 7. The lowest BCUT2D eigenvalue weighted by molar-refractivity contribution is 0.429. The molecular weight excluding hydrogens is 190 g/mol. The van der Waals surface area contributed by atoms with Crippen LogP contribution in [0.2, 0.25) is 0 Å². The van der Waals surface area contributed by atoms with Crippen molar-refractivity contribution in [2.24, 2.45) is 5.92 Å². The summed E-state index contributed by atoms with van der Waals surface area (Å²) in [7, 11) is 2.05. The first-order chi connectivity index (χ1) is 6.86. The maximum atomic E-state index is 3.29. The highest BCUT2D eigenvalue weighted by Gasteiger charge is 2.06. The molecular formula is C12H21NS. The van der Waals surface area contributed by atoms with Gasteiger partial charge in [0.15, 0.2) is 0 Å². The first kappa shape index (κ1) is 11.7. The van der Waals surface area contributed by atoms with E-state index in [2.05, 4.69) is 29.8 Å². The van der Waals surface area contributed by atoms with Gasteiger partial charge in [-0.25, -0.2) is 0 Å². The lowest BCUT2D eigenvalue weighted by Crippen LogP contribution is -2.19. The van der Waals surface area contributed by atoms with Gasteiger partial charge in [0.25, 0.3) is 0 Å². The predicted octanol–water partition coefficient (Wildman–Crippen LogP) is 3.32. The van der Waals surface area contributed by atoms with Crippen LogP contribution in [0.15, 0.2) is 17.5 Å². The quantitative estimate of drug-likeness (QED) is 0.729. The Morgan fingerprint density at radius 2 is 2.29 bits per heavy atom. The summed E-state index contributed by atoms with van der Waals surface area (Å²) in [6, 6.07) is 4.39. The van der Waals surface area contributed by atoms with Crippen LogP contribution in [0.3, 0.4) is 0 Å². The first-order valence-corrected chi connectivity index (χ1v) is 6.41. The number of hydrogen-bond donors (Lipinski definition) is 1. The maximum Gasteiger partial charge on any atom is 0.00453 e. The monoisotopic (exact) mass is 211 g/mol. The third kappa shape index (κ3) is 4.25. The highest BCUT2D eigenvalue weighted by Crippen LogP contribution is 2.17. The van der Waals surface area contributed by atoms with Crippen LogP contribution < -0.4 is 5.32 Å². The van der Waals surface area contributed by atoms with Gasteiger partial charge in [-0.05, 0) is 50.2 Å². The molecule has 0 aliphatic carbocycles. The molecule has 2 heteroatoms. The van der Waals surface area contributed by atoms with E-state index in [1.54, 1.807) is 0 Å². The van der Waals surface area contributed by atoms with Crippen LogP contribution in [-0.2, 0) is 6.42 Å². The minimum Gasteiger partial charge on any atom is -0.319 e. The zero-order valence-corrected chi connectivity index (χ0v) is 10.1. The van der Waals surface area contributed by atoms with Crippen LogP contribution >= 0.6 is 11.3 Å². The van der Waals surface area contributed by atoms with Gasteiger partial charge in [-0.3, -0.25) is 0 Å². The van der Waals surface area contributed by atoms with E-state index in [0.717, 1.165) is 5.92 Å². The second-order valence-electron chi connectivity index (χ2n) is 3.83. The minimum absolute atomic E-state index is 0.854. The molecule has 0 radical (unpaired) electrons. The number of hydrogen-bond acceptors (Lipinski definition) is 2. The van der Waals surface area contributed by atoms with Gasteiger partial charge in [-0.15, -0.1) is 11.3 Å². The Morgan fingerprint density at radius 3 is 2.86 bits per heavy atom. The maximum absolute atomic E-state index is 3.29. The second-order valence-corrected chi connectivity index (χ2v) is 4.86. The van der Waals surface area contributed by atoms with Crippen LogP contribution in [0.1, 0.15) is 31.1 Å². The Kier molecular flexibility index (Phi) is 5.88. The molecule has 80 valence electrons. The molecule has 0 amide bonds. The fourth-order valence-electron chi connectivity index (χ4n) is 1.85. The normalized spacial score (nSPS) is 13.0. The van der Waals surface area contributed by atoms with Gasteiger partial charge in [-0.2, -0.15) is 0 Å². The molecule has 1 aromatic rings. The van der Waals surface area contributed by atoms with Gasteiger partial charge in [0.1, 0.15) is 0 Å². The van der Waals surface area contributed by atoms with Crippen molar-refractivity contribution in [1.82, 2.24) is 5.32 Å². The Hall–Kier alpha value is -0.340. The Balaban J connectivity index is 2.25. The predicted molar refractivity (Wildman–Crippen MR) is 65.0 cm³/mol. The van der Waals surface area contributed by atoms with Crippen LogP contribution in [0.5, 0.6) is 0 Å². The Labute approximate surface area is 91.5 Å². The van der Waals surface area contributed by atoms with Crippen molar-refractivity contribution >= 4 is 11.3 Å². The van der Waals surface area contributed by atoms with Crippen molar-refractivity contribution in [3.63, 3.8) is 0 Å². The van der Waals surface area contributed by atoms with E-state index in [1.807, 2.05) is 18.4 Å². The van der Waals surface area contributed by atoms with E-state index in [0.29, 0.717) is 0 Å².